The van der Waals surface area contributed by atoms with Crippen molar-refractivity contribution in [3.8, 4) is 0 Å². The van der Waals surface area contributed by atoms with E-state index in [1.165, 1.54) is 57.3 Å². The number of nitrogens with zero attached hydrogens (tertiary/aromatic N) is 2. The number of pyridine rings is 1. The van der Waals surface area contributed by atoms with Crippen molar-refractivity contribution in [2.45, 2.75) is 56.0 Å². The summed E-state index contributed by atoms with van der Waals surface area (Å²) in [6.45, 7) is 4.68. The lowest BCUT2D eigenvalue weighted by atomic mass is 9.83. The number of piperidine rings is 1. The van der Waals surface area contributed by atoms with Gasteiger partial charge in [-0.2, -0.15) is 26.3 Å². The fourth-order valence-corrected chi connectivity index (χ4v) is 3.83. The highest BCUT2D eigenvalue weighted by molar-refractivity contribution is 5.73. The molecule has 3 heterocycles. The zero-order valence-electron chi connectivity index (χ0n) is 18.1. The number of halogens is 6. The number of rotatable bonds is 3. The van der Waals surface area contributed by atoms with Crippen LogP contribution in [-0.4, -0.2) is 76.2 Å². The number of carbonyl (C=O) groups is 2. The van der Waals surface area contributed by atoms with Crippen molar-refractivity contribution < 1.29 is 50.9 Å². The lowest BCUT2D eigenvalue weighted by molar-refractivity contribution is -0.193. The third-order valence-electron chi connectivity index (χ3n) is 5.83. The van der Waals surface area contributed by atoms with Crippen LogP contribution in [0.2, 0.25) is 0 Å². The molecule has 1 spiro atoms. The molecule has 1 aliphatic carbocycles. The maximum atomic E-state index is 10.6. The summed E-state index contributed by atoms with van der Waals surface area (Å²) in [6, 6.07) is 4.24. The molecule has 0 radical (unpaired) electrons. The monoisotopic (exact) mass is 500 g/mol. The molecular weight excluding hydrogens is 474 g/mol. The predicted octanol–water partition coefficient (Wildman–Crippen LogP) is 4.10. The van der Waals surface area contributed by atoms with Crippen molar-refractivity contribution in [3.05, 3.63) is 30.1 Å². The van der Waals surface area contributed by atoms with Crippen LogP contribution < -0.4 is 0 Å². The van der Waals surface area contributed by atoms with Crippen molar-refractivity contribution in [3.63, 3.8) is 0 Å². The van der Waals surface area contributed by atoms with Gasteiger partial charge in [-0.05, 0) is 49.7 Å². The van der Waals surface area contributed by atoms with Gasteiger partial charge in [-0.1, -0.05) is 6.07 Å². The fourth-order valence-electron chi connectivity index (χ4n) is 3.83. The average molecular weight is 500 g/mol. The van der Waals surface area contributed by atoms with Gasteiger partial charge in [-0.25, -0.2) is 9.59 Å². The Morgan fingerprint density at radius 3 is 2.00 bits per heavy atom. The second-order valence-corrected chi connectivity index (χ2v) is 8.53. The summed E-state index contributed by atoms with van der Waals surface area (Å²) in [7, 11) is 0. The molecule has 2 N–H and O–H groups in total. The smallest absolute Gasteiger partial charge is 0.475 e. The number of carboxylic acids is 2. The average Bonchev–Trinajstić information content (AvgIpc) is 3.48. The number of hydrogen-bond acceptors (Lipinski definition) is 5. The maximum absolute atomic E-state index is 10.6. The fraction of sp³-hybridized carbons (Fsp3) is 0.667. The number of ether oxygens (including phenoxy) is 1. The molecule has 34 heavy (non-hydrogen) atoms. The van der Waals surface area contributed by atoms with Gasteiger partial charge in [0.15, 0.2) is 0 Å². The lowest BCUT2D eigenvalue weighted by Crippen LogP contribution is -2.44. The van der Waals surface area contributed by atoms with Crippen LogP contribution in [0.3, 0.4) is 0 Å². The zero-order valence-corrected chi connectivity index (χ0v) is 18.1. The van der Waals surface area contributed by atoms with E-state index in [2.05, 4.69) is 16.0 Å². The third kappa shape index (κ3) is 9.09. The summed E-state index contributed by atoms with van der Waals surface area (Å²) < 4.78 is 69.7. The van der Waals surface area contributed by atoms with Gasteiger partial charge in [0.05, 0.1) is 12.2 Å². The molecule has 1 unspecified atom stereocenters. The molecule has 1 atom stereocenters. The van der Waals surface area contributed by atoms with Gasteiger partial charge in [0.2, 0.25) is 0 Å². The van der Waals surface area contributed by atoms with Crippen LogP contribution >= 0.6 is 0 Å². The maximum Gasteiger partial charge on any atom is 0.490 e. The number of alkyl halides is 6. The van der Waals surface area contributed by atoms with Gasteiger partial charge in [-0.3, -0.25) is 4.98 Å². The first-order chi connectivity index (χ1) is 15.7. The minimum atomic E-state index is -5.08. The Morgan fingerprint density at radius 1 is 1.06 bits per heavy atom. The van der Waals surface area contributed by atoms with E-state index >= 15 is 0 Å². The highest BCUT2D eigenvalue weighted by Gasteiger charge is 2.43. The van der Waals surface area contributed by atoms with Crippen LogP contribution in [0.4, 0.5) is 26.3 Å². The van der Waals surface area contributed by atoms with E-state index < -0.39 is 24.3 Å². The van der Waals surface area contributed by atoms with E-state index in [9.17, 15) is 26.3 Å². The molecule has 0 amide bonds. The normalized spacial score (nSPS) is 22.2. The molecule has 0 aromatic carbocycles. The summed E-state index contributed by atoms with van der Waals surface area (Å²) in [6.07, 6.45) is 0.242. The van der Waals surface area contributed by atoms with Crippen LogP contribution in [0.1, 0.15) is 43.6 Å². The Hall–Kier alpha value is -2.41. The van der Waals surface area contributed by atoms with Gasteiger partial charge in [0.1, 0.15) is 0 Å². The molecule has 0 bridgehead atoms. The molecule has 4 rings (SSSR count). The van der Waals surface area contributed by atoms with E-state index in [0.29, 0.717) is 5.92 Å². The SMILES string of the molecule is O=C(O)C(F)(F)F.O=C(O)C(F)(F)F.c1cncc(C2COC3(CCN(CC4CC4)CC3)C2)c1. The van der Waals surface area contributed by atoms with E-state index in [-0.39, 0.29) is 5.60 Å². The van der Waals surface area contributed by atoms with Crippen LogP contribution in [0, 0.1) is 5.92 Å². The Kier molecular flexibility index (Phi) is 9.29. The quantitative estimate of drug-likeness (QED) is 0.603. The molecule has 3 aliphatic rings. The second kappa shape index (κ2) is 11.3. The first-order valence-electron chi connectivity index (χ1n) is 10.6. The summed E-state index contributed by atoms with van der Waals surface area (Å²) >= 11 is 0. The standard InChI is InChI=1S/C17H24N2O.2C2HF3O2/c1-2-15(11-18-7-1)16-10-17(20-13-16)5-8-19(9-6-17)12-14-3-4-14;2*3-2(4,5)1(6)7/h1-2,7,11,14,16H,3-6,8-10,12-13H2;2*(H,6,7). The van der Waals surface area contributed by atoms with E-state index in [4.69, 9.17) is 24.5 Å². The van der Waals surface area contributed by atoms with Crippen molar-refractivity contribution >= 4 is 11.9 Å². The predicted molar refractivity (Wildman–Crippen MR) is 106 cm³/mol. The summed E-state index contributed by atoms with van der Waals surface area (Å²) in [5.41, 5.74) is 1.52. The number of likely N-dealkylation sites (tertiary alicyclic amines) is 1. The van der Waals surface area contributed by atoms with Crippen LogP contribution in [0.15, 0.2) is 24.5 Å². The van der Waals surface area contributed by atoms with Gasteiger partial charge in [-0.15, -0.1) is 0 Å². The topological polar surface area (TPSA) is 100.0 Å². The molecule has 1 saturated carbocycles. The molecule has 192 valence electrons. The number of aliphatic carboxylic acids is 2. The summed E-state index contributed by atoms with van der Waals surface area (Å²) in [5.74, 6) is -3.95. The third-order valence-corrected chi connectivity index (χ3v) is 5.83. The van der Waals surface area contributed by atoms with Crippen LogP contribution in [0.5, 0.6) is 0 Å². The Labute approximate surface area is 191 Å². The number of aromatic nitrogens is 1. The molecule has 1 aromatic rings. The van der Waals surface area contributed by atoms with E-state index in [0.717, 1.165) is 12.5 Å². The molecule has 2 aliphatic heterocycles. The van der Waals surface area contributed by atoms with Gasteiger partial charge < -0.3 is 19.8 Å². The van der Waals surface area contributed by atoms with Gasteiger partial charge in [0, 0.05) is 37.9 Å². The molecular formula is C21H26F6N2O5. The summed E-state index contributed by atoms with van der Waals surface area (Å²) in [5, 5.41) is 14.2. The van der Waals surface area contributed by atoms with Crippen molar-refractivity contribution in [2.75, 3.05) is 26.2 Å². The molecule has 3 fully saturated rings. The minimum absolute atomic E-state index is 0.167. The minimum Gasteiger partial charge on any atom is -0.475 e. The summed E-state index contributed by atoms with van der Waals surface area (Å²) in [4.78, 5) is 24.7. The Balaban J connectivity index is 0.000000244. The lowest BCUT2D eigenvalue weighted by Gasteiger charge is -2.38. The Morgan fingerprint density at radius 2 is 1.59 bits per heavy atom. The largest absolute Gasteiger partial charge is 0.490 e. The molecule has 13 heteroatoms. The van der Waals surface area contributed by atoms with Crippen molar-refractivity contribution in [1.29, 1.82) is 0 Å². The van der Waals surface area contributed by atoms with Crippen molar-refractivity contribution in [1.82, 2.24) is 9.88 Å². The molecule has 2 saturated heterocycles. The Bertz CT molecular complexity index is 782. The van der Waals surface area contributed by atoms with Crippen molar-refractivity contribution in [2.24, 2.45) is 5.92 Å². The number of hydrogen-bond donors (Lipinski definition) is 2. The van der Waals surface area contributed by atoms with Crippen LogP contribution in [-0.2, 0) is 14.3 Å². The first-order valence-corrected chi connectivity index (χ1v) is 10.6. The molecule has 7 nitrogen and oxygen atoms in total. The van der Waals surface area contributed by atoms with Crippen LogP contribution in [0.25, 0.3) is 0 Å². The van der Waals surface area contributed by atoms with Gasteiger partial charge >= 0.3 is 24.3 Å². The van der Waals surface area contributed by atoms with Gasteiger partial charge in [0.25, 0.3) is 0 Å². The zero-order chi connectivity index (χ0) is 25.6. The number of carboxylic acid groups (broad SMARTS) is 2. The second-order valence-electron chi connectivity index (χ2n) is 8.53. The highest BCUT2D eigenvalue weighted by Crippen LogP contribution is 2.43. The van der Waals surface area contributed by atoms with E-state index in [1.54, 1.807) is 0 Å². The van der Waals surface area contributed by atoms with E-state index in [1.807, 2.05) is 18.5 Å². The highest BCUT2D eigenvalue weighted by atomic mass is 19.4. The first kappa shape index (κ1) is 27.8. The molecule has 1 aromatic heterocycles.